The molecule has 3 N–H and O–H groups in total. The predicted molar refractivity (Wildman–Crippen MR) is 103 cm³/mol. The second-order valence-corrected chi connectivity index (χ2v) is 9.91. The van der Waals surface area contributed by atoms with Gasteiger partial charge in [-0.1, -0.05) is 0 Å². The van der Waals surface area contributed by atoms with Gasteiger partial charge < -0.3 is 11.1 Å². The van der Waals surface area contributed by atoms with Crippen LogP contribution >= 0.6 is 12.4 Å². The van der Waals surface area contributed by atoms with Crippen molar-refractivity contribution in [3.05, 3.63) is 12.4 Å². The number of nitrogens with zero attached hydrogens (tertiary/aromatic N) is 3. The number of carbonyl (C=O) groups excluding carboxylic acids is 1. The molecular weight excluding hydrogens is 390 g/mol. The first kappa shape index (κ1) is 20.6. The minimum atomic E-state index is -3.51. The number of hydrogen-bond acceptors (Lipinski definition) is 5. The lowest BCUT2D eigenvalue weighted by Crippen LogP contribution is -2.51. The Bertz CT molecular complexity index is 788. The number of amides is 1. The Morgan fingerprint density at radius 1 is 1.22 bits per heavy atom. The van der Waals surface area contributed by atoms with E-state index in [4.69, 9.17) is 5.73 Å². The highest BCUT2D eigenvalue weighted by Gasteiger charge is 2.49. The van der Waals surface area contributed by atoms with Crippen molar-refractivity contribution in [3.8, 4) is 0 Å². The average molecular weight is 418 g/mol. The third kappa shape index (κ3) is 3.74. The Morgan fingerprint density at radius 3 is 2.44 bits per heavy atom. The Kier molecular flexibility index (Phi) is 5.86. The fraction of sp³-hybridized carbons (Fsp3) is 0.765. The second kappa shape index (κ2) is 7.69. The molecule has 1 saturated heterocycles. The van der Waals surface area contributed by atoms with Crippen molar-refractivity contribution in [3.63, 3.8) is 0 Å². The average Bonchev–Trinajstić information content (AvgIpc) is 3.31. The fourth-order valence-electron chi connectivity index (χ4n) is 4.94. The van der Waals surface area contributed by atoms with Gasteiger partial charge in [0.05, 0.1) is 12.1 Å². The van der Waals surface area contributed by atoms with Crippen LogP contribution in [0.15, 0.2) is 17.3 Å². The Morgan fingerprint density at radius 2 is 1.89 bits per heavy atom. The summed E-state index contributed by atoms with van der Waals surface area (Å²) < 4.78 is 28.2. The second-order valence-electron chi connectivity index (χ2n) is 7.97. The third-order valence-corrected chi connectivity index (χ3v) is 8.25. The van der Waals surface area contributed by atoms with Gasteiger partial charge in [-0.15, -0.1) is 12.4 Å². The van der Waals surface area contributed by atoms with Gasteiger partial charge in [-0.05, 0) is 43.9 Å². The van der Waals surface area contributed by atoms with E-state index < -0.39 is 10.0 Å². The van der Waals surface area contributed by atoms with Crippen molar-refractivity contribution in [2.75, 3.05) is 13.1 Å². The van der Waals surface area contributed by atoms with E-state index in [1.165, 1.54) is 21.4 Å². The number of fused-ring (bicyclic) bond motifs is 2. The van der Waals surface area contributed by atoms with E-state index in [0.717, 1.165) is 19.3 Å². The van der Waals surface area contributed by atoms with Crippen LogP contribution < -0.4 is 11.1 Å². The van der Waals surface area contributed by atoms with Gasteiger partial charge in [0, 0.05) is 38.4 Å². The lowest BCUT2D eigenvalue weighted by molar-refractivity contribution is -0.128. The van der Waals surface area contributed by atoms with Gasteiger partial charge >= 0.3 is 0 Å². The van der Waals surface area contributed by atoms with Crippen LogP contribution in [0, 0.1) is 17.8 Å². The molecule has 4 atom stereocenters. The summed E-state index contributed by atoms with van der Waals surface area (Å²) in [5.41, 5.74) is 6.26. The largest absolute Gasteiger partial charge is 0.353 e. The van der Waals surface area contributed by atoms with Crippen molar-refractivity contribution in [2.24, 2.45) is 30.5 Å². The number of nitrogens with two attached hydrogens (primary N) is 1. The Balaban J connectivity index is 0.00000210. The SMILES string of the molecule is Cl.Cn1cc(S(=O)(=O)N2CCC(NC(=O)C3C4CCC(C4)C3N)CC2)cn1. The highest BCUT2D eigenvalue weighted by Crippen LogP contribution is 2.47. The molecular formula is C17H28ClN5O3S. The van der Waals surface area contributed by atoms with Gasteiger partial charge in [-0.25, -0.2) is 8.42 Å². The summed E-state index contributed by atoms with van der Waals surface area (Å²) in [7, 11) is -1.81. The highest BCUT2D eigenvalue weighted by molar-refractivity contribution is 7.89. The van der Waals surface area contributed by atoms with Crippen LogP contribution in [-0.4, -0.2) is 53.6 Å². The zero-order valence-corrected chi connectivity index (χ0v) is 17.1. The van der Waals surface area contributed by atoms with E-state index in [1.807, 2.05) is 0 Å². The first-order valence-corrected chi connectivity index (χ1v) is 10.8. The Labute approximate surface area is 166 Å². The van der Waals surface area contributed by atoms with Crippen LogP contribution in [-0.2, 0) is 21.9 Å². The molecule has 4 rings (SSSR count). The van der Waals surface area contributed by atoms with Gasteiger partial charge in [0.1, 0.15) is 4.90 Å². The van der Waals surface area contributed by atoms with E-state index in [0.29, 0.717) is 37.8 Å². The summed E-state index contributed by atoms with van der Waals surface area (Å²) in [6.07, 6.45) is 7.49. The van der Waals surface area contributed by atoms with Gasteiger partial charge in [-0.3, -0.25) is 9.48 Å². The van der Waals surface area contributed by atoms with Crippen LogP contribution in [0.1, 0.15) is 32.1 Å². The molecule has 0 spiro atoms. The fourth-order valence-corrected chi connectivity index (χ4v) is 6.40. The van der Waals surface area contributed by atoms with Crippen LogP contribution in [0.25, 0.3) is 0 Å². The molecule has 1 aromatic heterocycles. The number of nitrogens with one attached hydrogen (secondary N) is 1. The lowest BCUT2D eigenvalue weighted by atomic mass is 9.84. The van der Waals surface area contributed by atoms with Crippen molar-refractivity contribution in [2.45, 2.75) is 49.1 Å². The monoisotopic (exact) mass is 417 g/mol. The van der Waals surface area contributed by atoms with Gasteiger partial charge in [0.25, 0.3) is 0 Å². The Hall–Kier alpha value is -1.16. The van der Waals surface area contributed by atoms with Crippen LogP contribution in [0.4, 0.5) is 0 Å². The number of rotatable bonds is 4. The number of sulfonamides is 1. The standard InChI is InChI=1S/C17H27N5O3S.ClH/c1-21-10-14(9-19-21)26(24,25)22-6-4-13(5-7-22)20-17(23)15-11-2-3-12(8-11)16(15)18;/h9-13,15-16H,2-8,18H2,1H3,(H,20,23);1H. The molecule has 2 heterocycles. The molecule has 0 aromatic carbocycles. The molecule has 2 saturated carbocycles. The number of aryl methyl sites for hydroxylation is 1. The minimum Gasteiger partial charge on any atom is -0.353 e. The zero-order valence-electron chi connectivity index (χ0n) is 15.5. The summed E-state index contributed by atoms with van der Waals surface area (Å²) in [5, 5.41) is 7.08. The molecule has 3 aliphatic rings. The van der Waals surface area contributed by atoms with Gasteiger partial charge in [0.2, 0.25) is 15.9 Å². The number of hydrogen-bond donors (Lipinski definition) is 2. The maximum Gasteiger partial charge on any atom is 0.246 e. The van der Waals surface area contributed by atoms with Crippen molar-refractivity contribution in [1.29, 1.82) is 0 Å². The predicted octanol–water partition coefficient (Wildman–Crippen LogP) is 0.485. The van der Waals surface area contributed by atoms with Crippen LogP contribution in [0.3, 0.4) is 0 Å². The summed E-state index contributed by atoms with van der Waals surface area (Å²) in [6.45, 7) is 0.815. The molecule has 27 heavy (non-hydrogen) atoms. The lowest BCUT2D eigenvalue weighted by Gasteiger charge is -2.33. The smallest absolute Gasteiger partial charge is 0.246 e. The quantitative estimate of drug-likeness (QED) is 0.740. The van der Waals surface area contributed by atoms with Gasteiger partial charge in [-0.2, -0.15) is 9.40 Å². The van der Waals surface area contributed by atoms with E-state index in [-0.39, 0.29) is 41.2 Å². The molecule has 1 amide bonds. The van der Waals surface area contributed by atoms with Crippen molar-refractivity contribution in [1.82, 2.24) is 19.4 Å². The first-order valence-electron chi connectivity index (χ1n) is 9.41. The normalized spacial score (nSPS) is 31.6. The molecule has 10 heteroatoms. The van der Waals surface area contributed by atoms with Crippen LogP contribution in [0.5, 0.6) is 0 Å². The summed E-state index contributed by atoms with van der Waals surface area (Å²) >= 11 is 0. The minimum absolute atomic E-state index is 0. The number of piperidine rings is 1. The van der Waals surface area contributed by atoms with E-state index in [9.17, 15) is 13.2 Å². The zero-order chi connectivity index (χ0) is 18.5. The molecule has 1 aliphatic heterocycles. The molecule has 8 nitrogen and oxygen atoms in total. The first-order chi connectivity index (χ1) is 12.4. The summed E-state index contributed by atoms with van der Waals surface area (Å²) in [4.78, 5) is 12.9. The van der Waals surface area contributed by atoms with E-state index in [1.54, 1.807) is 7.05 Å². The molecule has 3 fully saturated rings. The van der Waals surface area contributed by atoms with Gasteiger partial charge in [0.15, 0.2) is 0 Å². The summed E-state index contributed by atoms with van der Waals surface area (Å²) in [6, 6.07) is 0.00831. The van der Waals surface area contributed by atoms with E-state index in [2.05, 4.69) is 10.4 Å². The highest BCUT2D eigenvalue weighted by atomic mass is 35.5. The molecule has 0 radical (unpaired) electrons. The molecule has 2 bridgehead atoms. The van der Waals surface area contributed by atoms with Crippen LogP contribution in [0.2, 0.25) is 0 Å². The molecule has 1 aromatic rings. The summed E-state index contributed by atoms with van der Waals surface area (Å²) in [5.74, 6) is 0.937. The number of aromatic nitrogens is 2. The topological polar surface area (TPSA) is 110 Å². The third-order valence-electron chi connectivity index (χ3n) is 6.40. The molecule has 2 aliphatic carbocycles. The number of halogens is 1. The van der Waals surface area contributed by atoms with Crippen molar-refractivity contribution < 1.29 is 13.2 Å². The number of carbonyl (C=O) groups is 1. The molecule has 4 unspecified atom stereocenters. The van der Waals surface area contributed by atoms with E-state index >= 15 is 0 Å². The maximum absolute atomic E-state index is 12.7. The molecule has 152 valence electrons. The van der Waals surface area contributed by atoms with Crippen molar-refractivity contribution >= 4 is 28.3 Å². The maximum atomic E-state index is 12.7.